The molecule has 2 aromatic carbocycles. The van der Waals surface area contributed by atoms with Crippen molar-refractivity contribution in [2.24, 2.45) is 0 Å². The summed E-state index contributed by atoms with van der Waals surface area (Å²) in [5.41, 5.74) is 1.15. The molecule has 1 aliphatic heterocycles. The highest BCUT2D eigenvalue weighted by Gasteiger charge is 2.25. The minimum absolute atomic E-state index is 0. The molecule has 1 aliphatic rings. The van der Waals surface area contributed by atoms with Gasteiger partial charge in [0.15, 0.2) is 16.6 Å². The van der Waals surface area contributed by atoms with Gasteiger partial charge >= 0.3 is 0 Å². The second-order valence-electron chi connectivity index (χ2n) is 8.56. The molecule has 0 N–H and O–H groups in total. The number of sulfonamides is 1. The van der Waals surface area contributed by atoms with Gasteiger partial charge in [-0.15, -0.1) is 12.4 Å². The van der Waals surface area contributed by atoms with Crippen molar-refractivity contribution in [1.82, 2.24) is 14.2 Å². The van der Waals surface area contributed by atoms with Gasteiger partial charge in [0.1, 0.15) is 13.2 Å². The standard InChI is InChI=1S/C26H34N4O5S2.ClH/c1-5-28(6-2)13-14-30(26-27-21-17-22-23(18-24(21)36-26)35-16-15-34-22)25(31)19-9-11-20(12-10-19)37(32,33)29(7-3)8-4;/h9-12,17-18H,5-8,13-16H2,1-4H3;1H. The average molecular weight is 583 g/mol. The van der Waals surface area contributed by atoms with Crippen molar-refractivity contribution in [3.05, 3.63) is 42.0 Å². The third kappa shape index (κ3) is 6.23. The highest BCUT2D eigenvalue weighted by atomic mass is 35.5. The Balaban J connectivity index is 0.00000400. The Morgan fingerprint density at radius 1 is 0.921 bits per heavy atom. The van der Waals surface area contributed by atoms with Crippen LogP contribution in [0.15, 0.2) is 41.3 Å². The number of benzene rings is 2. The minimum atomic E-state index is -3.60. The molecule has 0 aliphatic carbocycles. The van der Waals surface area contributed by atoms with Crippen LogP contribution in [-0.2, 0) is 10.0 Å². The van der Waals surface area contributed by atoms with Crippen LogP contribution in [0.5, 0.6) is 11.5 Å². The van der Waals surface area contributed by atoms with Crippen molar-refractivity contribution < 1.29 is 22.7 Å². The quantitative estimate of drug-likeness (QED) is 0.328. The van der Waals surface area contributed by atoms with Gasteiger partial charge < -0.3 is 14.4 Å². The molecule has 0 saturated heterocycles. The normalized spacial score (nSPS) is 13.1. The van der Waals surface area contributed by atoms with Crippen LogP contribution in [0.1, 0.15) is 38.1 Å². The summed E-state index contributed by atoms with van der Waals surface area (Å²) in [4.78, 5) is 22.6. The highest BCUT2D eigenvalue weighted by Crippen LogP contribution is 2.39. The molecule has 9 nitrogen and oxygen atoms in total. The van der Waals surface area contributed by atoms with E-state index in [-0.39, 0.29) is 23.2 Å². The first-order valence-corrected chi connectivity index (χ1v) is 14.9. The number of hydrogen-bond donors (Lipinski definition) is 0. The average Bonchev–Trinajstić information content (AvgIpc) is 3.32. The molecular weight excluding hydrogens is 548 g/mol. The van der Waals surface area contributed by atoms with Gasteiger partial charge in [-0.2, -0.15) is 4.31 Å². The Morgan fingerprint density at radius 3 is 2.11 bits per heavy atom. The van der Waals surface area contributed by atoms with E-state index in [1.165, 1.54) is 27.8 Å². The van der Waals surface area contributed by atoms with Gasteiger partial charge in [0.05, 0.1) is 15.1 Å². The van der Waals surface area contributed by atoms with E-state index in [2.05, 4.69) is 18.7 Å². The van der Waals surface area contributed by atoms with Gasteiger partial charge in [-0.3, -0.25) is 9.69 Å². The lowest BCUT2D eigenvalue weighted by atomic mass is 10.2. The lowest BCUT2D eigenvalue weighted by Gasteiger charge is -2.25. The van der Waals surface area contributed by atoms with Crippen molar-refractivity contribution >= 4 is 55.0 Å². The molecule has 1 aromatic heterocycles. The fraction of sp³-hybridized carbons (Fsp3) is 0.462. The Bertz CT molecular complexity index is 1300. The number of carbonyl (C=O) groups is 1. The number of nitrogens with zero attached hydrogens (tertiary/aromatic N) is 4. The van der Waals surface area contributed by atoms with E-state index in [0.29, 0.717) is 61.6 Å². The van der Waals surface area contributed by atoms with Crippen molar-refractivity contribution in [2.45, 2.75) is 32.6 Å². The summed E-state index contributed by atoms with van der Waals surface area (Å²) < 4.78 is 39.5. The number of ether oxygens (including phenoxy) is 2. The van der Waals surface area contributed by atoms with Gasteiger partial charge in [0.25, 0.3) is 5.91 Å². The summed E-state index contributed by atoms with van der Waals surface area (Å²) in [7, 11) is -3.60. The molecule has 0 spiro atoms. The maximum atomic E-state index is 13.7. The van der Waals surface area contributed by atoms with E-state index < -0.39 is 10.0 Å². The number of aromatic nitrogens is 1. The van der Waals surface area contributed by atoms with Gasteiger partial charge in [0, 0.05) is 43.9 Å². The molecular formula is C26H35ClN4O5S2. The number of fused-ring (bicyclic) bond motifs is 2. The lowest BCUT2D eigenvalue weighted by Crippen LogP contribution is -2.39. The van der Waals surface area contributed by atoms with Gasteiger partial charge in [-0.05, 0) is 37.4 Å². The second kappa shape index (κ2) is 13.1. The first kappa shape index (κ1) is 30.1. The van der Waals surface area contributed by atoms with Crippen LogP contribution in [0.3, 0.4) is 0 Å². The minimum Gasteiger partial charge on any atom is -0.486 e. The predicted octanol–water partition coefficient (Wildman–Crippen LogP) is 4.51. The zero-order valence-electron chi connectivity index (χ0n) is 22.2. The number of rotatable bonds is 11. The molecule has 0 unspecified atom stereocenters. The Hall–Kier alpha value is -2.44. The van der Waals surface area contributed by atoms with Crippen molar-refractivity contribution in [1.29, 1.82) is 0 Å². The number of halogens is 1. The Kier molecular flexibility index (Phi) is 10.4. The maximum absolute atomic E-state index is 13.7. The van der Waals surface area contributed by atoms with Crippen molar-refractivity contribution in [3.63, 3.8) is 0 Å². The topological polar surface area (TPSA) is 92.3 Å². The van der Waals surface area contributed by atoms with E-state index >= 15 is 0 Å². The molecule has 12 heteroatoms. The highest BCUT2D eigenvalue weighted by molar-refractivity contribution is 7.89. The number of amides is 1. The molecule has 0 fully saturated rings. The summed E-state index contributed by atoms with van der Waals surface area (Å²) in [6, 6.07) is 9.93. The third-order valence-electron chi connectivity index (χ3n) is 6.50. The molecule has 2 heterocycles. The van der Waals surface area contributed by atoms with E-state index in [4.69, 9.17) is 14.5 Å². The fourth-order valence-corrected chi connectivity index (χ4v) is 6.73. The van der Waals surface area contributed by atoms with Crippen LogP contribution in [0.4, 0.5) is 5.13 Å². The van der Waals surface area contributed by atoms with Crippen LogP contribution in [0, 0.1) is 0 Å². The molecule has 4 rings (SSSR count). The zero-order valence-corrected chi connectivity index (χ0v) is 24.6. The summed E-state index contributed by atoms with van der Waals surface area (Å²) in [6.07, 6.45) is 0. The monoisotopic (exact) mass is 582 g/mol. The molecule has 0 bridgehead atoms. The van der Waals surface area contributed by atoms with Gasteiger partial charge in [0.2, 0.25) is 10.0 Å². The Labute approximate surface area is 234 Å². The molecule has 38 heavy (non-hydrogen) atoms. The van der Waals surface area contributed by atoms with Gasteiger partial charge in [-0.25, -0.2) is 13.4 Å². The van der Waals surface area contributed by atoms with Crippen LogP contribution < -0.4 is 14.4 Å². The molecule has 208 valence electrons. The van der Waals surface area contributed by atoms with Gasteiger partial charge in [-0.1, -0.05) is 39.0 Å². The van der Waals surface area contributed by atoms with E-state index in [1.807, 2.05) is 12.1 Å². The number of thiazole rings is 1. The molecule has 1 amide bonds. The smallest absolute Gasteiger partial charge is 0.260 e. The van der Waals surface area contributed by atoms with Crippen LogP contribution in [-0.4, -0.2) is 81.0 Å². The summed E-state index contributed by atoms with van der Waals surface area (Å²) in [6.45, 7) is 12.4. The molecule has 3 aromatic rings. The Morgan fingerprint density at radius 2 is 1.53 bits per heavy atom. The SMILES string of the molecule is CCN(CC)CCN(C(=O)c1ccc(S(=O)(=O)N(CC)CC)cc1)c1nc2cc3c(cc2s1)OCCO3.Cl. The van der Waals surface area contributed by atoms with Crippen LogP contribution >= 0.6 is 23.7 Å². The molecule has 0 radical (unpaired) electrons. The molecule has 0 atom stereocenters. The predicted molar refractivity (Wildman–Crippen MR) is 154 cm³/mol. The first-order valence-electron chi connectivity index (χ1n) is 12.7. The lowest BCUT2D eigenvalue weighted by molar-refractivity contribution is 0.0983. The van der Waals surface area contributed by atoms with E-state index in [9.17, 15) is 13.2 Å². The summed E-state index contributed by atoms with van der Waals surface area (Å²) in [5, 5.41) is 0.578. The van der Waals surface area contributed by atoms with E-state index in [1.54, 1.807) is 30.9 Å². The van der Waals surface area contributed by atoms with Crippen molar-refractivity contribution in [2.75, 3.05) is 57.4 Å². The first-order chi connectivity index (χ1) is 17.8. The maximum Gasteiger partial charge on any atom is 0.260 e. The zero-order chi connectivity index (χ0) is 26.6. The molecule has 0 saturated carbocycles. The third-order valence-corrected chi connectivity index (χ3v) is 9.60. The number of likely N-dealkylation sites (N-methyl/N-ethyl adjacent to an activating group) is 1. The summed E-state index contributed by atoms with van der Waals surface area (Å²) >= 11 is 1.42. The largest absolute Gasteiger partial charge is 0.486 e. The van der Waals surface area contributed by atoms with Crippen LogP contribution in [0.2, 0.25) is 0 Å². The number of carbonyl (C=O) groups excluding carboxylic acids is 1. The number of anilines is 1. The summed E-state index contributed by atoms with van der Waals surface area (Å²) in [5.74, 6) is 1.11. The number of hydrogen-bond acceptors (Lipinski definition) is 8. The second-order valence-corrected chi connectivity index (χ2v) is 11.5. The fourth-order valence-electron chi connectivity index (χ4n) is 4.27. The van der Waals surface area contributed by atoms with Crippen molar-refractivity contribution in [3.8, 4) is 11.5 Å². The van der Waals surface area contributed by atoms with E-state index in [0.717, 1.165) is 23.3 Å². The van der Waals surface area contributed by atoms with Crippen LogP contribution in [0.25, 0.3) is 10.2 Å².